The van der Waals surface area contributed by atoms with E-state index in [0.29, 0.717) is 43.4 Å². The SMILES string of the molecule is COCCCNC(=O)CCCOc1ccccc1Cl. The van der Waals surface area contributed by atoms with Crippen LogP contribution >= 0.6 is 11.6 Å². The topological polar surface area (TPSA) is 47.6 Å². The minimum absolute atomic E-state index is 0.0406. The Bertz CT molecular complexity index is 385. The Kier molecular flexibility index (Phi) is 8.02. The van der Waals surface area contributed by atoms with Crippen molar-refractivity contribution in [1.29, 1.82) is 0 Å². The quantitative estimate of drug-likeness (QED) is 0.710. The minimum Gasteiger partial charge on any atom is -0.492 e. The molecule has 0 fully saturated rings. The largest absolute Gasteiger partial charge is 0.492 e. The molecule has 19 heavy (non-hydrogen) atoms. The van der Waals surface area contributed by atoms with Crippen LogP contribution in [0.4, 0.5) is 0 Å². The third-order valence-corrected chi connectivity index (χ3v) is 2.80. The highest BCUT2D eigenvalue weighted by atomic mass is 35.5. The van der Waals surface area contributed by atoms with Gasteiger partial charge in [-0.15, -0.1) is 0 Å². The molecule has 0 radical (unpaired) electrons. The lowest BCUT2D eigenvalue weighted by Crippen LogP contribution is -2.25. The molecule has 1 aromatic carbocycles. The number of ether oxygens (including phenoxy) is 2. The minimum atomic E-state index is 0.0406. The van der Waals surface area contributed by atoms with Gasteiger partial charge in [0.2, 0.25) is 5.91 Å². The first-order chi connectivity index (χ1) is 9.24. The summed E-state index contributed by atoms with van der Waals surface area (Å²) in [6.07, 6.45) is 1.96. The van der Waals surface area contributed by atoms with Gasteiger partial charge in [0.1, 0.15) is 5.75 Å². The van der Waals surface area contributed by atoms with Crippen LogP contribution in [0.1, 0.15) is 19.3 Å². The van der Waals surface area contributed by atoms with E-state index >= 15 is 0 Å². The van der Waals surface area contributed by atoms with Crippen LogP contribution in [-0.4, -0.2) is 32.8 Å². The van der Waals surface area contributed by atoms with Gasteiger partial charge in [-0.3, -0.25) is 4.79 Å². The van der Waals surface area contributed by atoms with Gasteiger partial charge in [-0.2, -0.15) is 0 Å². The van der Waals surface area contributed by atoms with Crippen LogP contribution in [0.2, 0.25) is 5.02 Å². The van der Waals surface area contributed by atoms with Gasteiger partial charge in [0.25, 0.3) is 0 Å². The molecule has 1 amide bonds. The van der Waals surface area contributed by atoms with Crippen molar-refractivity contribution in [2.45, 2.75) is 19.3 Å². The number of nitrogens with one attached hydrogen (secondary N) is 1. The molecule has 1 rings (SSSR count). The number of amides is 1. The molecule has 0 saturated carbocycles. The highest BCUT2D eigenvalue weighted by molar-refractivity contribution is 6.32. The van der Waals surface area contributed by atoms with Gasteiger partial charge in [0.15, 0.2) is 0 Å². The fraction of sp³-hybridized carbons (Fsp3) is 0.500. The number of hydrogen-bond acceptors (Lipinski definition) is 3. The van der Waals surface area contributed by atoms with E-state index in [0.717, 1.165) is 6.42 Å². The molecule has 0 aromatic heterocycles. The predicted molar refractivity (Wildman–Crippen MR) is 75.7 cm³/mol. The molecular weight excluding hydrogens is 266 g/mol. The summed E-state index contributed by atoms with van der Waals surface area (Å²) >= 11 is 5.95. The Morgan fingerprint density at radius 2 is 2.05 bits per heavy atom. The highest BCUT2D eigenvalue weighted by Crippen LogP contribution is 2.23. The summed E-state index contributed by atoms with van der Waals surface area (Å²) in [6, 6.07) is 7.30. The summed E-state index contributed by atoms with van der Waals surface area (Å²) in [6.45, 7) is 1.79. The van der Waals surface area contributed by atoms with E-state index < -0.39 is 0 Å². The number of para-hydroxylation sites is 1. The zero-order chi connectivity index (χ0) is 13.9. The average Bonchev–Trinajstić information content (AvgIpc) is 2.41. The van der Waals surface area contributed by atoms with Crippen LogP contribution in [0.3, 0.4) is 0 Å². The van der Waals surface area contributed by atoms with Crippen molar-refractivity contribution in [2.24, 2.45) is 0 Å². The Morgan fingerprint density at radius 3 is 2.79 bits per heavy atom. The summed E-state index contributed by atoms with van der Waals surface area (Å²) in [4.78, 5) is 11.5. The van der Waals surface area contributed by atoms with Crippen molar-refractivity contribution < 1.29 is 14.3 Å². The molecular formula is C14H20ClNO3. The van der Waals surface area contributed by atoms with E-state index in [1.807, 2.05) is 18.2 Å². The molecule has 0 unspecified atom stereocenters. The van der Waals surface area contributed by atoms with Crippen LogP contribution in [0, 0.1) is 0 Å². The lowest BCUT2D eigenvalue weighted by atomic mass is 10.3. The third kappa shape index (κ3) is 7.03. The van der Waals surface area contributed by atoms with Crippen LogP contribution in [0.5, 0.6) is 5.75 Å². The molecule has 1 aromatic rings. The Hall–Kier alpha value is -1.26. The molecule has 106 valence electrons. The van der Waals surface area contributed by atoms with Crippen LogP contribution in [0.15, 0.2) is 24.3 Å². The first-order valence-electron chi connectivity index (χ1n) is 6.37. The maximum Gasteiger partial charge on any atom is 0.220 e. The van der Waals surface area contributed by atoms with E-state index in [-0.39, 0.29) is 5.91 Å². The number of carbonyl (C=O) groups is 1. The average molecular weight is 286 g/mol. The second-order valence-electron chi connectivity index (χ2n) is 4.08. The van der Waals surface area contributed by atoms with E-state index in [1.54, 1.807) is 13.2 Å². The van der Waals surface area contributed by atoms with Crippen molar-refractivity contribution in [1.82, 2.24) is 5.32 Å². The van der Waals surface area contributed by atoms with Crippen LogP contribution in [0.25, 0.3) is 0 Å². The molecule has 1 N–H and O–H groups in total. The van der Waals surface area contributed by atoms with Gasteiger partial charge < -0.3 is 14.8 Å². The number of methoxy groups -OCH3 is 1. The fourth-order valence-electron chi connectivity index (χ4n) is 1.51. The monoisotopic (exact) mass is 285 g/mol. The molecule has 5 heteroatoms. The van der Waals surface area contributed by atoms with Gasteiger partial charge in [-0.1, -0.05) is 23.7 Å². The Balaban J connectivity index is 2.07. The molecule has 0 saturated heterocycles. The third-order valence-electron chi connectivity index (χ3n) is 2.49. The highest BCUT2D eigenvalue weighted by Gasteiger charge is 2.02. The maximum absolute atomic E-state index is 11.5. The molecule has 0 aliphatic carbocycles. The van der Waals surface area contributed by atoms with Gasteiger partial charge in [-0.05, 0) is 25.0 Å². The summed E-state index contributed by atoms with van der Waals surface area (Å²) in [5.74, 6) is 0.698. The Labute approximate surface area is 119 Å². The second kappa shape index (κ2) is 9.64. The Morgan fingerprint density at radius 1 is 1.26 bits per heavy atom. The number of halogens is 1. The number of carbonyl (C=O) groups excluding carboxylic acids is 1. The predicted octanol–water partition coefficient (Wildman–Crippen LogP) is 2.65. The van der Waals surface area contributed by atoms with Gasteiger partial charge in [0, 0.05) is 26.7 Å². The zero-order valence-corrected chi connectivity index (χ0v) is 11.9. The second-order valence-corrected chi connectivity index (χ2v) is 4.49. The van der Waals surface area contributed by atoms with Crippen molar-refractivity contribution in [2.75, 3.05) is 26.9 Å². The standard InChI is InChI=1S/C14H20ClNO3/c1-18-10-5-9-16-14(17)8-4-11-19-13-7-3-2-6-12(13)15/h2-3,6-7H,4-5,8-11H2,1H3,(H,16,17). The summed E-state index contributed by atoms with van der Waals surface area (Å²) in [5.41, 5.74) is 0. The molecule has 0 heterocycles. The lowest BCUT2D eigenvalue weighted by molar-refractivity contribution is -0.121. The van der Waals surface area contributed by atoms with E-state index in [1.165, 1.54) is 0 Å². The van der Waals surface area contributed by atoms with Crippen molar-refractivity contribution in [3.63, 3.8) is 0 Å². The number of rotatable bonds is 9. The number of benzene rings is 1. The molecule has 0 spiro atoms. The van der Waals surface area contributed by atoms with Crippen molar-refractivity contribution in [3.8, 4) is 5.75 Å². The van der Waals surface area contributed by atoms with E-state index in [4.69, 9.17) is 21.1 Å². The van der Waals surface area contributed by atoms with Crippen molar-refractivity contribution >= 4 is 17.5 Å². The zero-order valence-electron chi connectivity index (χ0n) is 11.2. The van der Waals surface area contributed by atoms with E-state index in [9.17, 15) is 4.79 Å². The smallest absolute Gasteiger partial charge is 0.220 e. The molecule has 0 aliphatic heterocycles. The molecule has 4 nitrogen and oxygen atoms in total. The van der Waals surface area contributed by atoms with Crippen molar-refractivity contribution in [3.05, 3.63) is 29.3 Å². The molecule has 0 atom stereocenters. The van der Waals surface area contributed by atoms with Gasteiger partial charge in [0.05, 0.1) is 11.6 Å². The van der Waals surface area contributed by atoms with Gasteiger partial charge >= 0.3 is 0 Å². The number of hydrogen-bond donors (Lipinski definition) is 1. The first-order valence-corrected chi connectivity index (χ1v) is 6.75. The fourth-order valence-corrected chi connectivity index (χ4v) is 1.70. The normalized spacial score (nSPS) is 10.2. The first kappa shape index (κ1) is 15.8. The van der Waals surface area contributed by atoms with Crippen LogP contribution in [-0.2, 0) is 9.53 Å². The molecule has 0 bridgehead atoms. The lowest BCUT2D eigenvalue weighted by Gasteiger charge is -2.08. The van der Waals surface area contributed by atoms with Gasteiger partial charge in [-0.25, -0.2) is 0 Å². The molecule has 0 aliphatic rings. The summed E-state index contributed by atoms with van der Waals surface area (Å²) < 4.78 is 10.4. The maximum atomic E-state index is 11.5. The van der Waals surface area contributed by atoms with Crippen LogP contribution < -0.4 is 10.1 Å². The summed E-state index contributed by atoms with van der Waals surface area (Å²) in [7, 11) is 1.65. The van der Waals surface area contributed by atoms with E-state index in [2.05, 4.69) is 5.32 Å². The summed E-state index contributed by atoms with van der Waals surface area (Å²) in [5, 5.41) is 3.42.